The Labute approximate surface area is 111 Å². The second-order valence-corrected chi connectivity index (χ2v) is 4.08. The Hall–Kier alpha value is -1.83. The summed E-state index contributed by atoms with van der Waals surface area (Å²) in [6.45, 7) is 0.596. The maximum atomic E-state index is 11.5. The van der Waals surface area contributed by atoms with E-state index >= 15 is 0 Å². The van der Waals surface area contributed by atoms with Gasteiger partial charge < -0.3 is 21.9 Å². The van der Waals surface area contributed by atoms with Crippen LogP contribution in [0.4, 0.5) is 0 Å². The van der Waals surface area contributed by atoms with Gasteiger partial charge in [-0.15, -0.1) is 0 Å². The molecular formula is C10H20N6O3. The van der Waals surface area contributed by atoms with E-state index in [-0.39, 0.29) is 12.5 Å². The number of carbonyl (C=O) groups is 2. The number of nitrogens with two attached hydrogens (primary N) is 2. The van der Waals surface area contributed by atoms with Crippen molar-refractivity contribution in [2.75, 3.05) is 13.1 Å². The molecule has 0 aliphatic heterocycles. The van der Waals surface area contributed by atoms with Crippen LogP contribution >= 0.6 is 0 Å². The van der Waals surface area contributed by atoms with Crippen molar-refractivity contribution in [1.82, 2.24) is 5.32 Å². The lowest BCUT2D eigenvalue weighted by molar-refractivity contribution is -0.138. The van der Waals surface area contributed by atoms with E-state index in [9.17, 15) is 9.59 Å². The van der Waals surface area contributed by atoms with E-state index in [1.54, 1.807) is 0 Å². The first kappa shape index (κ1) is 17.2. The van der Waals surface area contributed by atoms with Gasteiger partial charge in [0.1, 0.15) is 6.04 Å². The van der Waals surface area contributed by atoms with Gasteiger partial charge in [-0.3, -0.25) is 9.59 Å². The van der Waals surface area contributed by atoms with Crippen LogP contribution in [-0.4, -0.2) is 42.2 Å². The number of hydrogen-bond donors (Lipinski definition) is 4. The summed E-state index contributed by atoms with van der Waals surface area (Å²) in [6.07, 6.45) is 1.91. The summed E-state index contributed by atoms with van der Waals surface area (Å²) in [6, 6.07) is -1.56. The van der Waals surface area contributed by atoms with Crippen LogP contribution in [0.25, 0.3) is 10.4 Å². The van der Waals surface area contributed by atoms with Crippen LogP contribution in [0.1, 0.15) is 25.7 Å². The third kappa shape index (κ3) is 8.83. The van der Waals surface area contributed by atoms with Crippen molar-refractivity contribution in [3.8, 4) is 0 Å². The molecule has 0 saturated heterocycles. The van der Waals surface area contributed by atoms with E-state index in [0.29, 0.717) is 32.2 Å². The number of unbranched alkanes of at least 4 members (excludes halogenated alkanes) is 1. The SMILES string of the molecule is [N-]=[N+]=NCC[C@H](N)C(=O)NCCCC[C@H](N)C(=O)O. The highest BCUT2D eigenvalue weighted by molar-refractivity contribution is 5.81. The van der Waals surface area contributed by atoms with E-state index in [1.165, 1.54) is 0 Å². The van der Waals surface area contributed by atoms with Gasteiger partial charge in [-0.25, -0.2) is 0 Å². The first-order valence-electron chi connectivity index (χ1n) is 6.01. The van der Waals surface area contributed by atoms with E-state index in [1.807, 2.05) is 0 Å². The summed E-state index contributed by atoms with van der Waals surface area (Å²) >= 11 is 0. The zero-order valence-corrected chi connectivity index (χ0v) is 10.7. The van der Waals surface area contributed by atoms with Gasteiger partial charge >= 0.3 is 5.97 Å². The lowest BCUT2D eigenvalue weighted by atomic mass is 10.1. The summed E-state index contributed by atoms with van der Waals surface area (Å²) in [5, 5.41) is 14.5. The molecular weight excluding hydrogens is 252 g/mol. The van der Waals surface area contributed by atoms with Crippen molar-refractivity contribution in [2.45, 2.75) is 37.8 Å². The fourth-order valence-corrected chi connectivity index (χ4v) is 1.33. The molecule has 0 aromatic heterocycles. The number of rotatable bonds is 10. The van der Waals surface area contributed by atoms with Crippen LogP contribution in [0.2, 0.25) is 0 Å². The van der Waals surface area contributed by atoms with Gasteiger partial charge in [-0.1, -0.05) is 5.11 Å². The van der Waals surface area contributed by atoms with Crippen molar-refractivity contribution >= 4 is 11.9 Å². The van der Waals surface area contributed by atoms with E-state index in [2.05, 4.69) is 15.3 Å². The molecule has 0 fully saturated rings. The number of carbonyl (C=O) groups excluding carboxylic acids is 1. The van der Waals surface area contributed by atoms with Gasteiger partial charge in [-0.05, 0) is 31.2 Å². The molecule has 9 heteroatoms. The summed E-state index contributed by atoms with van der Waals surface area (Å²) in [4.78, 5) is 24.5. The topological polar surface area (TPSA) is 167 Å². The standard InChI is InChI=1S/C10H20N6O3/c11-7(4-6-15-16-13)9(17)14-5-2-1-3-8(12)10(18)19/h7-8H,1-6,11-12H2,(H,14,17)(H,18,19)/t7-,8-/m0/s1. The van der Waals surface area contributed by atoms with Crippen molar-refractivity contribution < 1.29 is 14.7 Å². The summed E-state index contributed by atoms with van der Waals surface area (Å²) in [7, 11) is 0. The Morgan fingerprint density at radius 3 is 2.53 bits per heavy atom. The van der Waals surface area contributed by atoms with Crippen LogP contribution in [-0.2, 0) is 9.59 Å². The van der Waals surface area contributed by atoms with Crippen molar-refractivity contribution in [3.05, 3.63) is 10.4 Å². The minimum absolute atomic E-state index is 0.179. The van der Waals surface area contributed by atoms with Gasteiger partial charge in [0, 0.05) is 18.0 Å². The number of nitrogens with one attached hydrogen (secondary N) is 1. The summed E-state index contributed by atoms with van der Waals surface area (Å²) in [5.41, 5.74) is 19.0. The summed E-state index contributed by atoms with van der Waals surface area (Å²) < 4.78 is 0. The fourth-order valence-electron chi connectivity index (χ4n) is 1.33. The minimum atomic E-state index is -1.02. The smallest absolute Gasteiger partial charge is 0.320 e. The van der Waals surface area contributed by atoms with Gasteiger partial charge in [-0.2, -0.15) is 0 Å². The Morgan fingerprint density at radius 1 is 1.26 bits per heavy atom. The first-order chi connectivity index (χ1) is 8.99. The van der Waals surface area contributed by atoms with E-state index < -0.39 is 18.1 Å². The normalized spacial score (nSPS) is 13.2. The average molecular weight is 272 g/mol. The monoisotopic (exact) mass is 272 g/mol. The van der Waals surface area contributed by atoms with Gasteiger partial charge in [0.2, 0.25) is 5.91 Å². The number of azide groups is 1. The molecule has 0 aliphatic carbocycles. The predicted octanol–water partition coefficient (Wildman–Crippen LogP) is -0.287. The number of carboxylic acids is 1. The number of aliphatic carboxylic acids is 1. The van der Waals surface area contributed by atoms with Crippen LogP contribution < -0.4 is 16.8 Å². The van der Waals surface area contributed by atoms with E-state index in [4.69, 9.17) is 22.1 Å². The van der Waals surface area contributed by atoms with Crippen LogP contribution in [0, 0.1) is 0 Å². The molecule has 0 aromatic rings. The predicted molar refractivity (Wildman–Crippen MR) is 69.1 cm³/mol. The number of hydrogen-bond acceptors (Lipinski definition) is 5. The highest BCUT2D eigenvalue weighted by Crippen LogP contribution is 1.98. The van der Waals surface area contributed by atoms with Gasteiger partial charge in [0.15, 0.2) is 0 Å². The Bertz CT molecular complexity index is 342. The second kappa shape index (κ2) is 10.1. The van der Waals surface area contributed by atoms with Gasteiger partial charge in [0.05, 0.1) is 6.04 Å². The molecule has 0 bridgehead atoms. The lowest BCUT2D eigenvalue weighted by Crippen LogP contribution is -2.41. The molecule has 0 aliphatic rings. The Morgan fingerprint density at radius 2 is 1.95 bits per heavy atom. The molecule has 0 aromatic carbocycles. The Balaban J connectivity index is 3.62. The van der Waals surface area contributed by atoms with Crippen molar-refractivity contribution in [1.29, 1.82) is 0 Å². The molecule has 6 N–H and O–H groups in total. The molecule has 0 radical (unpaired) electrons. The Kier molecular flexibility index (Phi) is 9.15. The molecule has 0 saturated carbocycles. The molecule has 0 heterocycles. The van der Waals surface area contributed by atoms with Gasteiger partial charge in [0.25, 0.3) is 0 Å². The summed E-state index contributed by atoms with van der Waals surface area (Å²) in [5.74, 6) is -1.33. The second-order valence-electron chi connectivity index (χ2n) is 4.08. The number of nitrogens with zero attached hydrogens (tertiary/aromatic N) is 3. The zero-order valence-electron chi connectivity index (χ0n) is 10.7. The first-order valence-corrected chi connectivity index (χ1v) is 6.01. The fraction of sp³-hybridized carbons (Fsp3) is 0.800. The van der Waals surface area contributed by atoms with Crippen LogP contribution in [0.15, 0.2) is 5.11 Å². The zero-order chi connectivity index (χ0) is 14.7. The third-order valence-electron chi connectivity index (χ3n) is 2.50. The number of amides is 1. The highest BCUT2D eigenvalue weighted by Gasteiger charge is 2.12. The maximum absolute atomic E-state index is 11.5. The molecule has 0 spiro atoms. The van der Waals surface area contributed by atoms with Crippen molar-refractivity contribution in [2.24, 2.45) is 16.6 Å². The molecule has 0 unspecified atom stereocenters. The lowest BCUT2D eigenvalue weighted by Gasteiger charge is -2.11. The maximum Gasteiger partial charge on any atom is 0.320 e. The minimum Gasteiger partial charge on any atom is -0.480 e. The quantitative estimate of drug-likeness (QED) is 0.185. The molecule has 0 rings (SSSR count). The van der Waals surface area contributed by atoms with Crippen molar-refractivity contribution in [3.63, 3.8) is 0 Å². The molecule has 108 valence electrons. The van der Waals surface area contributed by atoms with Crippen LogP contribution in [0.5, 0.6) is 0 Å². The molecule has 9 nitrogen and oxygen atoms in total. The largest absolute Gasteiger partial charge is 0.480 e. The molecule has 2 atom stereocenters. The molecule has 1 amide bonds. The number of carboxylic acid groups (broad SMARTS) is 1. The van der Waals surface area contributed by atoms with E-state index in [0.717, 1.165) is 0 Å². The average Bonchev–Trinajstić information content (AvgIpc) is 2.37. The van der Waals surface area contributed by atoms with Crippen LogP contribution in [0.3, 0.4) is 0 Å². The molecule has 19 heavy (non-hydrogen) atoms. The third-order valence-corrected chi connectivity index (χ3v) is 2.50. The highest BCUT2D eigenvalue weighted by atomic mass is 16.4.